The maximum absolute atomic E-state index is 9.13. The minimum Gasteiger partial charge on any atom is -0.305 e. The van der Waals surface area contributed by atoms with Crippen molar-refractivity contribution in [2.75, 3.05) is 20.1 Å². The average molecular weight is 323 g/mol. The van der Waals surface area contributed by atoms with Gasteiger partial charge in [-0.3, -0.25) is 0 Å². The maximum atomic E-state index is 9.13. The molecule has 2 nitrogen and oxygen atoms in total. The lowest BCUT2D eigenvalue weighted by molar-refractivity contribution is 0.274. The lowest BCUT2D eigenvalue weighted by Gasteiger charge is -2.22. The molecule has 104 valence electrons. The van der Waals surface area contributed by atoms with Gasteiger partial charge in [0, 0.05) is 17.6 Å². The number of rotatable bonds is 6. The lowest BCUT2D eigenvalue weighted by Crippen LogP contribution is -2.29. The molecule has 1 atom stereocenters. The fourth-order valence-electron chi connectivity index (χ4n) is 2.05. The van der Waals surface area contributed by atoms with Crippen LogP contribution in [0.25, 0.3) is 0 Å². The Balaban J connectivity index is 2.52. The van der Waals surface area contributed by atoms with E-state index in [2.05, 4.69) is 72.9 Å². The van der Waals surface area contributed by atoms with Gasteiger partial charge in [-0.25, -0.2) is 0 Å². The number of likely N-dealkylation sites (N-methyl/N-ethyl adjacent to an activating group) is 1. The van der Waals surface area contributed by atoms with Crippen LogP contribution in [0.3, 0.4) is 0 Å². The molecule has 1 aromatic rings. The third-order valence-corrected chi connectivity index (χ3v) is 4.05. The quantitative estimate of drug-likeness (QED) is 0.790. The number of hydrogen-bond donors (Lipinski definition) is 0. The van der Waals surface area contributed by atoms with E-state index in [0.717, 1.165) is 24.0 Å². The van der Waals surface area contributed by atoms with E-state index in [1.54, 1.807) is 0 Å². The maximum Gasteiger partial charge on any atom is 0.0671 e. The first-order valence-corrected chi connectivity index (χ1v) is 7.56. The fraction of sp³-hybridized carbons (Fsp3) is 0.562. The molecule has 0 heterocycles. The van der Waals surface area contributed by atoms with Gasteiger partial charge in [0.05, 0.1) is 12.0 Å². The monoisotopic (exact) mass is 322 g/mol. The third kappa shape index (κ3) is 5.34. The molecule has 0 N–H and O–H groups in total. The molecule has 0 aliphatic carbocycles. The van der Waals surface area contributed by atoms with E-state index in [0.29, 0.717) is 5.92 Å². The largest absolute Gasteiger partial charge is 0.305 e. The predicted molar refractivity (Wildman–Crippen MR) is 84.0 cm³/mol. The number of nitrogens with zero attached hydrogens (tertiary/aromatic N) is 2. The van der Waals surface area contributed by atoms with Gasteiger partial charge in [-0.15, -0.1) is 0 Å². The Morgan fingerprint density at radius 1 is 1.37 bits per heavy atom. The number of hydrogen-bond acceptors (Lipinski definition) is 2. The first kappa shape index (κ1) is 16.2. The number of aryl methyl sites for hydroxylation is 1. The van der Waals surface area contributed by atoms with Gasteiger partial charge >= 0.3 is 0 Å². The highest BCUT2D eigenvalue weighted by Gasteiger charge is 2.14. The van der Waals surface area contributed by atoms with Crippen molar-refractivity contribution in [3.8, 4) is 6.07 Å². The zero-order chi connectivity index (χ0) is 14.4. The summed E-state index contributed by atoms with van der Waals surface area (Å²) in [7, 11) is 2.10. The van der Waals surface area contributed by atoms with Crippen LogP contribution in [0, 0.1) is 30.1 Å². The second kappa shape index (κ2) is 7.67. The molecule has 1 aromatic carbocycles. The highest BCUT2D eigenvalue weighted by molar-refractivity contribution is 9.10. The van der Waals surface area contributed by atoms with E-state index < -0.39 is 0 Å². The minimum absolute atomic E-state index is 0.119. The second-order valence-corrected chi connectivity index (χ2v) is 6.48. The van der Waals surface area contributed by atoms with Crippen LogP contribution in [0.15, 0.2) is 22.7 Å². The van der Waals surface area contributed by atoms with Crippen molar-refractivity contribution >= 4 is 15.9 Å². The summed E-state index contributed by atoms with van der Waals surface area (Å²) in [6.07, 6.45) is 1.03. The molecule has 19 heavy (non-hydrogen) atoms. The fourth-order valence-corrected chi connectivity index (χ4v) is 2.46. The van der Waals surface area contributed by atoms with E-state index in [-0.39, 0.29) is 5.92 Å². The van der Waals surface area contributed by atoms with Crippen molar-refractivity contribution in [3.63, 3.8) is 0 Å². The van der Waals surface area contributed by atoms with Gasteiger partial charge in [-0.2, -0.15) is 5.26 Å². The Morgan fingerprint density at radius 2 is 2.05 bits per heavy atom. The van der Waals surface area contributed by atoms with E-state index in [9.17, 15) is 0 Å². The van der Waals surface area contributed by atoms with E-state index in [4.69, 9.17) is 5.26 Å². The number of benzene rings is 1. The minimum atomic E-state index is 0.119. The summed E-state index contributed by atoms with van der Waals surface area (Å²) in [6, 6.07) is 8.81. The summed E-state index contributed by atoms with van der Waals surface area (Å²) in [5, 5.41) is 9.13. The van der Waals surface area contributed by atoms with Crippen molar-refractivity contribution in [2.45, 2.75) is 27.2 Å². The van der Waals surface area contributed by atoms with E-state index >= 15 is 0 Å². The standard InChI is InChI=1S/C16H23BrN2/c1-12(2)15(10-18)11-19(4)8-7-14-9-16(17)6-5-13(14)3/h5-6,9,12,15H,7-8,11H2,1-4H3. The summed E-state index contributed by atoms with van der Waals surface area (Å²) in [6.45, 7) is 8.21. The first-order valence-electron chi connectivity index (χ1n) is 6.77. The zero-order valence-corrected chi connectivity index (χ0v) is 13.9. The Morgan fingerprint density at radius 3 is 2.63 bits per heavy atom. The molecule has 0 saturated heterocycles. The summed E-state index contributed by atoms with van der Waals surface area (Å²) >= 11 is 3.52. The van der Waals surface area contributed by atoms with Gasteiger partial charge < -0.3 is 4.90 Å². The molecule has 0 aromatic heterocycles. The van der Waals surface area contributed by atoms with Gasteiger partial charge in [0.2, 0.25) is 0 Å². The summed E-state index contributed by atoms with van der Waals surface area (Å²) in [4.78, 5) is 2.26. The summed E-state index contributed by atoms with van der Waals surface area (Å²) < 4.78 is 1.13. The van der Waals surface area contributed by atoms with E-state index in [1.807, 2.05) is 0 Å². The average Bonchev–Trinajstić information content (AvgIpc) is 2.36. The molecule has 0 aliphatic heterocycles. The smallest absolute Gasteiger partial charge is 0.0671 e. The van der Waals surface area contributed by atoms with Crippen LogP contribution in [0.5, 0.6) is 0 Å². The van der Waals surface area contributed by atoms with E-state index in [1.165, 1.54) is 11.1 Å². The summed E-state index contributed by atoms with van der Waals surface area (Å²) in [5.74, 6) is 0.536. The lowest BCUT2D eigenvalue weighted by atomic mass is 9.97. The molecule has 0 fully saturated rings. The van der Waals surface area contributed by atoms with Crippen LogP contribution in [0.1, 0.15) is 25.0 Å². The van der Waals surface area contributed by atoms with Gasteiger partial charge in [-0.05, 0) is 49.6 Å². The molecular weight excluding hydrogens is 300 g/mol. The Kier molecular flexibility index (Phi) is 6.54. The van der Waals surface area contributed by atoms with Crippen molar-refractivity contribution in [3.05, 3.63) is 33.8 Å². The predicted octanol–water partition coefficient (Wildman–Crippen LogP) is 4.03. The Hall–Kier alpha value is -0.850. The Bertz CT molecular complexity index is 449. The van der Waals surface area contributed by atoms with Crippen LogP contribution in [0.2, 0.25) is 0 Å². The van der Waals surface area contributed by atoms with Crippen LogP contribution >= 0.6 is 15.9 Å². The molecule has 0 spiro atoms. The highest BCUT2D eigenvalue weighted by atomic mass is 79.9. The molecular formula is C16H23BrN2. The van der Waals surface area contributed by atoms with Gasteiger partial charge in [0.25, 0.3) is 0 Å². The molecule has 0 radical (unpaired) electrons. The molecule has 0 bridgehead atoms. The van der Waals surface area contributed by atoms with Crippen molar-refractivity contribution < 1.29 is 0 Å². The zero-order valence-electron chi connectivity index (χ0n) is 12.3. The number of halogens is 1. The molecule has 1 rings (SSSR count). The number of nitriles is 1. The SMILES string of the molecule is Cc1ccc(Br)cc1CCN(C)CC(C#N)C(C)C. The highest BCUT2D eigenvalue weighted by Crippen LogP contribution is 2.17. The van der Waals surface area contributed by atoms with Crippen molar-refractivity contribution in [2.24, 2.45) is 11.8 Å². The topological polar surface area (TPSA) is 27.0 Å². The third-order valence-electron chi connectivity index (χ3n) is 3.55. The van der Waals surface area contributed by atoms with Crippen LogP contribution < -0.4 is 0 Å². The van der Waals surface area contributed by atoms with Crippen LogP contribution in [0.4, 0.5) is 0 Å². The van der Waals surface area contributed by atoms with Crippen LogP contribution in [-0.2, 0) is 6.42 Å². The van der Waals surface area contributed by atoms with Gasteiger partial charge in [-0.1, -0.05) is 35.8 Å². The molecule has 3 heteroatoms. The van der Waals surface area contributed by atoms with Crippen LogP contribution in [-0.4, -0.2) is 25.0 Å². The molecule has 0 saturated carbocycles. The second-order valence-electron chi connectivity index (χ2n) is 5.56. The van der Waals surface area contributed by atoms with Crippen molar-refractivity contribution in [1.29, 1.82) is 5.26 Å². The van der Waals surface area contributed by atoms with Gasteiger partial charge in [0.1, 0.15) is 0 Å². The normalized spacial score (nSPS) is 12.7. The summed E-state index contributed by atoms with van der Waals surface area (Å²) in [5.41, 5.74) is 2.71. The molecule has 1 unspecified atom stereocenters. The first-order chi connectivity index (χ1) is 8.93. The molecule has 0 amide bonds. The molecule has 0 aliphatic rings. The van der Waals surface area contributed by atoms with Crippen molar-refractivity contribution in [1.82, 2.24) is 4.90 Å². The Labute approximate surface area is 125 Å². The van der Waals surface area contributed by atoms with Gasteiger partial charge in [0.15, 0.2) is 0 Å².